The zero-order chi connectivity index (χ0) is 19.2. The molecule has 2 aromatic carbocycles. The molecule has 1 atom stereocenters. The van der Waals surface area contributed by atoms with Gasteiger partial charge in [0, 0.05) is 13.1 Å². The lowest BCUT2D eigenvalue weighted by molar-refractivity contribution is -0.148. The summed E-state index contributed by atoms with van der Waals surface area (Å²) in [7, 11) is 1.75. The molecule has 0 N–H and O–H groups in total. The fraction of sp³-hybridized carbons (Fsp3) is 0.273. The molecule has 1 amide bonds. The van der Waals surface area contributed by atoms with E-state index in [2.05, 4.69) is 12.1 Å². The molecule has 1 aliphatic rings. The molecule has 0 heterocycles. The zero-order valence-corrected chi connectivity index (χ0v) is 15.2. The number of carbonyl (C=O) groups excluding carboxylic acids is 2. The highest BCUT2D eigenvalue weighted by Gasteiger charge is 2.26. The molecule has 3 rings (SSSR count). The third kappa shape index (κ3) is 4.82. The van der Waals surface area contributed by atoms with E-state index in [1.165, 1.54) is 35.4 Å². The number of benzene rings is 2. The molecular formula is C22H22FNO3. The second-order valence-corrected chi connectivity index (χ2v) is 6.60. The van der Waals surface area contributed by atoms with Crippen LogP contribution in [-0.2, 0) is 20.7 Å². The number of carbonyl (C=O) groups is 2. The summed E-state index contributed by atoms with van der Waals surface area (Å²) in [5.41, 5.74) is 3.12. The van der Waals surface area contributed by atoms with Crippen LogP contribution in [0.15, 0.2) is 54.6 Å². The van der Waals surface area contributed by atoms with Crippen LogP contribution < -0.4 is 0 Å². The zero-order valence-electron chi connectivity index (χ0n) is 15.2. The van der Waals surface area contributed by atoms with Gasteiger partial charge in [-0.2, -0.15) is 0 Å². The Balaban J connectivity index is 1.54. The molecule has 0 aromatic heterocycles. The Kier molecular flexibility index (Phi) is 6.01. The van der Waals surface area contributed by atoms with E-state index in [0.717, 1.165) is 19.3 Å². The molecule has 2 aromatic rings. The quantitative estimate of drug-likeness (QED) is 0.594. The van der Waals surface area contributed by atoms with E-state index in [-0.39, 0.29) is 24.4 Å². The minimum Gasteiger partial charge on any atom is -0.452 e. The number of likely N-dealkylation sites (N-methyl/N-ethyl adjacent to an activating group) is 1. The van der Waals surface area contributed by atoms with Crippen LogP contribution in [0.25, 0.3) is 6.08 Å². The molecule has 0 fully saturated rings. The third-order valence-corrected chi connectivity index (χ3v) is 4.82. The number of rotatable bonds is 5. The van der Waals surface area contributed by atoms with Gasteiger partial charge in [0.05, 0.1) is 6.04 Å². The molecule has 0 saturated heterocycles. The van der Waals surface area contributed by atoms with E-state index < -0.39 is 5.97 Å². The molecule has 4 nitrogen and oxygen atoms in total. The van der Waals surface area contributed by atoms with Gasteiger partial charge in [0.2, 0.25) is 0 Å². The van der Waals surface area contributed by atoms with Gasteiger partial charge in [0.25, 0.3) is 5.91 Å². The molecule has 140 valence electrons. The largest absolute Gasteiger partial charge is 0.452 e. The molecular weight excluding hydrogens is 345 g/mol. The van der Waals surface area contributed by atoms with Crippen molar-refractivity contribution in [2.45, 2.75) is 25.3 Å². The van der Waals surface area contributed by atoms with Crippen LogP contribution in [-0.4, -0.2) is 30.4 Å². The average molecular weight is 367 g/mol. The first-order valence-electron chi connectivity index (χ1n) is 8.98. The molecule has 27 heavy (non-hydrogen) atoms. The number of ether oxygens (including phenoxy) is 1. The molecule has 1 aliphatic carbocycles. The maximum absolute atomic E-state index is 12.9. The van der Waals surface area contributed by atoms with Crippen molar-refractivity contribution in [2.75, 3.05) is 13.7 Å². The van der Waals surface area contributed by atoms with Gasteiger partial charge in [-0.15, -0.1) is 0 Å². The Morgan fingerprint density at radius 2 is 1.93 bits per heavy atom. The van der Waals surface area contributed by atoms with Crippen LogP contribution in [0.1, 0.15) is 35.6 Å². The summed E-state index contributed by atoms with van der Waals surface area (Å²) in [6.45, 7) is -0.304. The topological polar surface area (TPSA) is 46.6 Å². The van der Waals surface area contributed by atoms with Gasteiger partial charge >= 0.3 is 5.97 Å². The standard InChI is InChI=1S/C22H22FNO3/c1-24(20-8-4-6-17-5-2-3-7-19(17)20)21(25)15-27-22(26)14-11-16-9-12-18(23)13-10-16/h2-3,5,7,9-14,20H,4,6,8,15H2,1H3. The van der Waals surface area contributed by atoms with Crippen molar-refractivity contribution in [1.82, 2.24) is 4.90 Å². The summed E-state index contributed by atoms with van der Waals surface area (Å²) >= 11 is 0. The first kappa shape index (κ1) is 18.8. The molecule has 0 bridgehead atoms. The van der Waals surface area contributed by atoms with Crippen LogP contribution in [0, 0.1) is 5.82 Å². The van der Waals surface area contributed by atoms with Gasteiger partial charge in [-0.25, -0.2) is 9.18 Å². The van der Waals surface area contributed by atoms with E-state index in [0.29, 0.717) is 5.56 Å². The molecule has 0 aliphatic heterocycles. The SMILES string of the molecule is CN(C(=O)COC(=O)C=Cc1ccc(F)cc1)C1CCCc2ccccc21. The van der Waals surface area contributed by atoms with Gasteiger partial charge in [-0.05, 0) is 54.2 Å². The number of fused-ring (bicyclic) bond motifs is 1. The van der Waals surface area contributed by atoms with Gasteiger partial charge in [0.1, 0.15) is 5.82 Å². The van der Waals surface area contributed by atoms with Gasteiger partial charge in [-0.1, -0.05) is 36.4 Å². The van der Waals surface area contributed by atoms with Crippen molar-refractivity contribution in [3.05, 3.63) is 77.1 Å². The second kappa shape index (κ2) is 8.62. The first-order chi connectivity index (χ1) is 13.0. The van der Waals surface area contributed by atoms with Crippen molar-refractivity contribution < 1.29 is 18.7 Å². The number of halogens is 1. The maximum atomic E-state index is 12.9. The molecule has 0 saturated carbocycles. The lowest BCUT2D eigenvalue weighted by Gasteiger charge is -2.33. The Hall–Kier alpha value is -2.95. The summed E-state index contributed by atoms with van der Waals surface area (Å²) in [4.78, 5) is 25.9. The van der Waals surface area contributed by atoms with Crippen LogP contribution in [0.5, 0.6) is 0 Å². The van der Waals surface area contributed by atoms with Crippen LogP contribution in [0.3, 0.4) is 0 Å². The van der Waals surface area contributed by atoms with Gasteiger partial charge < -0.3 is 9.64 Å². The number of hydrogen-bond donors (Lipinski definition) is 0. The minimum atomic E-state index is -0.606. The Labute approximate surface area is 158 Å². The summed E-state index contributed by atoms with van der Waals surface area (Å²) in [6, 6.07) is 13.9. The van der Waals surface area contributed by atoms with E-state index >= 15 is 0 Å². The van der Waals surface area contributed by atoms with Gasteiger partial charge in [0.15, 0.2) is 6.61 Å². The Morgan fingerprint density at radius 1 is 1.19 bits per heavy atom. The maximum Gasteiger partial charge on any atom is 0.331 e. The number of hydrogen-bond acceptors (Lipinski definition) is 3. The predicted octanol–water partition coefficient (Wildman–Crippen LogP) is 3.92. The lowest BCUT2D eigenvalue weighted by Crippen LogP contribution is -2.36. The smallest absolute Gasteiger partial charge is 0.331 e. The normalized spacial score (nSPS) is 16.0. The molecule has 5 heteroatoms. The molecule has 1 unspecified atom stereocenters. The lowest BCUT2D eigenvalue weighted by atomic mass is 9.87. The van der Waals surface area contributed by atoms with Crippen molar-refractivity contribution in [3.63, 3.8) is 0 Å². The first-order valence-corrected chi connectivity index (χ1v) is 8.98. The summed E-state index contributed by atoms with van der Waals surface area (Å²) in [5, 5.41) is 0. The van der Waals surface area contributed by atoms with Crippen LogP contribution in [0.2, 0.25) is 0 Å². The molecule has 0 radical (unpaired) electrons. The van der Waals surface area contributed by atoms with E-state index in [1.807, 2.05) is 12.1 Å². The highest BCUT2D eigenvalue weighted by atomic mass is 19.1. The number of aryl methyl sites for hydroxylation is 1. The van der Waals surface area contributed by atoms with Crippen molar-refractivity contribution in [3.8, 4) is 0 Å². The Morgan fingerprint density at radius 3 is 2.70 bits per heavy atom. The van der Waals surface area contributed by atoms with Crippen LogP contribution >= 0.6 is 0 Å². The monoisotopic (exact) mass is 367 g/mol. The number of esters is 1. The van der Waals surface area contributed by atoms with Crippen LogP contribution in [0.4, 0.5) is 4.39 Å². The Bertz CT molecular complexity index is 845. The summed E-state index contributed by atoms with van der Waals surface area (Å²) < 4.78 is 17.9. The molecule has 0 spiro atoms. The van der Waals surface area contributed by atoms with Crippen molar-refractivity contribution >= 4 is 18.0 Å². The third-order valence-electron chi connectivity index (χ3n) is 4.82. The van der Waals surface area contributed by atoms with Crippen molar-refractivity contribution in [1.29, 1.82) is 0 Å². The fourth-order valence-corrected chi connectivity index (χ4v) is 3.33. The van der Waals surface area contributed by atoms with Crippen molar-refractivity contribution in [2.24, 2.45) is 0 Å². The second-order valence-electron chi connectivity index (χ2n) is 6.60. The van der Waals surface area contributed by atoms with E-state index in [1.54, 1.807) is 24.1 Å². The van der Waals surface area contributed by atoms with E-state index in [4.69, 9.17) is 4.74 Å². The number of amides is 1. The number of nitrogens with zero attached hydrogens (tertiary/aromatic N) is 1. The summed E-state index contributed by atoms with van der Waals surface area (Å²) in [5.74, 6) is -1.18. The highest BCUT2D eigenvalue weighted by Crippen LogP contribution is 2.33. The predicted molar refractivity (Wildman–Crippen MR) is 101 cm³/mol. The highest BCUT2D eigenvalue weighted by molar-refractivity contribution is 5.89. The van der Waals surface area contributed by atoms with E-state index in [9.17, 15) is 14.0 Å². The summed E-state index contributed by atoms with van der Waals surface area (Å²) in [6.07, 6.45) is 5.71. The van der Waals surface area contributed by atoms with Gasteiger partial charge in [-0.3, -0.25) is 4.79 Å². The minimum absolute atomic E-state index is 0.0101. The fourth-order valence-electron chi connectivity index (χ4n) is 3.33. The average Bonchev–Trinajstić information content (AvgIpc) is 2.70.